The van der Waals surface area contributed by atoms with E-state index in [0.717, 1.165) is 5.56 Å². The van der Waals surface area contributed by atoms with E-state index < -0.39 is 0 Å². The number of rotatable bonds is 3. The molecule has 0 aromatic heterocycles. The summed E-state index contributed by atoms with van der Waals surface area (Å²) in [5.41, 5.74) is 2.73. The third-order valence-electron chi connectivity index (χ3n) is 4.26. The number of halogens is 1. The maximum Gasteiger partial charge on any atom is 0.246 e. The van der Waals surface area contributed by atoms with Crippen molar-refractivity contribution in [3.8, 4) is 0 Å². The van der Waals surface area contributed by atoms with Gasteiger partial charge in [0.2, 0.25) is 11.8 Å². The molecule has 0 aliphatic carbocycles. The summed E-state index contributed by atoms with van der Waals surface area (Å²) < 4.78 is 13.4. The summed E-state index contributed by atoms with van der Waals surface area (Å²) in [6.07, 6.45) is 0.222. The largest absolute Gasteiger partial charge is 0.376 e. The van der Waals surface area contributed by atoms with Crippen molar-refractivity contribution < 1.29 is 14.0 Å². The summed E-state index contributed by atoms with van der Waals surface area (Å²) in [7, 11) is 0. The first-order valence-corrected chi connectivity index (χ1v) is 8.16. The van der Waals surface area contributed by atoms with Gasteiger partial charge < -0.3 is 15.5 Å². The van der Waals surface area contributed by atoms with Crippen molar-refractivity contribution in [1.82, 2.24) is 0 Å². The van der Waals surface area contributed by atoms with Gasteiger partial charge in [0.1, 0.15) is 5.82 Å². The Morgan fingerprint density at radius 1 is 1.32 bits per heavy atom. The normalized spacial score (nSPS) is 16.7. The van der Waals surface area contributed by atoms with Crippen molar-refractivity contribution in [3.63, 3.8) is 0 Å². The highest BCUT2D eigenvalue weighted by atomic mass is 19.1. The molecule has 1 aliphatic heterocycles. The summed E-state index contributed by atoms with van der Waals surface area (Å²) in [6.45, 7) is 3.70. The van der Waals surface area contributed by atoms with Crippen LogP contribution < -0.4 is 15.5 Å². The Balaban J connectivity index is 1.83. The van der Waals surface area contributed by atoms with Crippen LogP contribution in [0.1, 0.15) is 18.9 Å². The molecule has 0 saturated carbocycles. The quantitative estimate of drug-likeness (QED) is 0.900. The first kappa shape index (κ1) is 17.0. The summed E-state index contributed by atoms with van der Waals surface area (Å²) in [5, 5.41) is 5.82. The number of nitrogens with one attached hydrogen (secondary N) is 2. The highest BCUT2D eigenvalue weighted by Gasteiger charge is 2.29. The first-order chi connectivity index (χ1) is 12.0. The Morgan fingerprint density at radius 3 is 2.88 bits per heavy atom. The highest BCUT2D eigenvalue weighted by molar-refractivity contribution is 6.05. The van der Waals surface area contributed by atoms with Gasteiger partial charge in [-0.3, -0.25) is 9.59 Å². The number of carbonyl (C=O) groups excluding carboxylic acids is 2. The average molecular weight is 341 g/mol. The molecule has 2 aromatic rings. The van der Waals surface area contributed by atoms with Gasteiger partial charge in [-0.2, -0.15) is 0 Å². The molecule has 1 atom stereocenters. The SMILES string of the molecule is Cc1ccc(F)cc1NCC(=O)N1c2ccccc2NC(=O)C[C@@H]1C. The highest BCUT2D eigenvalue weighted by Crippen LogP contribution is 2.31. The number of nitrogens with zero attached hydrogens (tertiary/aromatic N) is 1. The fourth-order valence-corrected chi connectivity index (χ4v) is 3.01. The number of para-hydroxylation sites is 2. The Labute approximate surface area is 145 Å². The van der Waals surface area contributed by atoms with Crippen molar-refractivity contribution in [1.29, 1.82) is 0 Å². The second-order valence-electron chi connectivity index (χ2n) is 6.20. The number of anilines is 3. The van der Waals surface area contributed by atoms with E-state index in [9.17, 15) is 14.0 Å². The number of carbonyl (C=O) groups is 2. The van der Waals surface area contributed by atoms with Gasteiger partial charge in [-0.25, -0.2) is 4.39 Å². The number of aryl methyl sites for hydroxylation is 1. The third-order valence-corrected chi connectivity index (χ3v) is 4.26. The summed E-state index contributed by atoms with van der Waals surface area (Å²) in [4.78, 5) is 26.4. The van der Waals surface area contributed by atoms with E-state index in [0.29, 0.717) is 17.1 Å². The molecule has 0 bridgehead atoms. The van der Waals surface area contributed by atoms with Crippen LogP contribution in [0.5, 0.6) is 0 Å². The standard InChI is InChI=1S/C19H20FN3O2/c1-12-7-8-14(20)10-16(12)21-11-19(25)23-13(2)9-18(24)22-15-5-3-4-6-17(15)23/h3-8,10,13,21H,9,11H2,1-2H3,(H,22,24)/t13-/m0/s1. The molecule has 0 saturated heterocycles. The monoisotopic (exact) mass is 341 g/mol. The molecule has 0 radical (unpaired) electrons. The fourth-order valence-electron chi connectivity index (χ4n) is 3.01. The molecule has 2 aromatic carbocycles. The third kappa shape index (κ3) is 3.63. The van der Waals surface area contributed by atoms with Gasteiger partial charge in [0.25, 0.3) is 0 Å². The van der Waals surface area contributed by atoms with E-state index in [1.165, 1.54) is 12.1 Å². The van der Waals surface area contributed by atoms with Crippen molar-refractivity contribution in [3.05, 3.63) is 53.8 Å². The fraction of sp³-hybridized carbons (Fsp3) is 0.263. The maximum absolute atomic E-state index is 13.4. The number of benzene rings is 2. The summed E-state index contributed by atoms with van der Waals surface area (Å²) in [5.74, 6) is -0.659. The van der Waals surface area contributed by atoms with Crippen LogP contribution in [0, 0.1) is 12.7 Å². The lowest BCUT2D eigenvalue weighted by molar-refractivity contribution is -0.118. The molecule has 5 nitrogen and oxygen atoms in total. The smallest absolute Gasteiger partial charge is 0.246 e. The van der Waals surface area contributed by atoms with Crippen molar-refractivity contribution in [2.75, 3.05) is 22.1 Å². The van der Waals surface area contributed by atoms with Crippen LogP contribution in [0.4, 0.5) is 21.5 Å². The summed E-state index contributed by atoms with van der Waals surface area (Å²) >= 11 is 0. The van der Waals surface area contributed by atoms with Crippen LogP contribution in [0.2, 0.25) is 0 Å². The topological polar surface area (TPSA) is 61.4 Å². The van der Waals surface area contributed by atoms with Crippen LogP contribution in [0.3, 0.4) is 0 Å². The minimum Gasteiger partial charge on any atom is -0.376 e. The first-order valence-electron chi connectivity index (χ1n) is 8.16. The molecular formula is C19H20FN3O2. The molecule has 130 valence electrons. The Morgan fingerprint density at radius 2 is 2.08 bits per heavy atom. The zero-order chi connectivity index (χ0) is 18.0. The predicted molar refractivity (Wildman–Crippen MR) is 96.3 cm³/mol. The molecule has 25 heavy (non-hydrogen) atoms. The second kappa shape index (κ2) is 6.93. The molecule has 3 rings (SSSR count). The number of hydrogen-bond acceptors (Lipinski definition) is 3. The van der Waals surface area contributed by atoms with Gasteiger partial charge in [-0.05, 0) is 43.7 Å². The van der Waals surface area contributed by atoms with Gasteiger partial charge in [0.15, 0.2) is 0 Å². The second-order valence-corrected chi connectivity index (χ2v) is 6.20. The van der Waals surface area contributed by atoms with Gasteiger partial charge in [-0.15, -0.1) is 0 Å². The number of amides is 2. The van der Waals surface area contributed by atoms with Crippen molar-refractivity contribution in [2.24, 2.45) is 0 Å². The molecule has 2 N–H and O–H groups in total. The lowest BCUT2D eigenvalue weighted by Gasteiger charge is -2.28. The lowest BCUT2D eigenvalue weighted by atomic mass is 10.1. The number of hydrogen-bond donors (Lipinski definition) is 2. The Kier molecular flexibility index (Phi) is 4.70. The van der Waals surface area contributed by atoms with Crippen LogP contribution in [-0.2, 0) is 9.59 Å². The Bertz CT molecular complexity index is 822. The maximum atomic E-state index is 13.4. The molecule has 2 amide bonds. The van der Waals surface area contributed by atoms with E-state index >= 15 is 0 Å². The van der Waals surface area contributed by atoms with E-state index in [1.54, 1.807) is 17.0 Å². The van der Waals surface area contributed by atoms with E-state index in [-0.39, 0.29) is 36.6 Å². The minimum atomic E-state index is -0.358. The lowest BCUT2D eigenvalue weighted by Crippen LogP contribution is -2.42. The van der Waals surface area contributed by atoms with E-state index in [2.05, 4.69) is 10.6 Å². The molecule has 0 spiro atoms. The summed E-state index contributed by atoms with van der Waals surface area (Å²) in [6, 6.07) is 11.4. The van der Waals surface area contributed by atoms with Crippen LogP contribution >= 0.6 is 0 Å². The van der Waals surface area contributed by atoms with Gasteiger partial charge in [-0.1, -0.05) is 18.2 Å². The van der Waals surface area contributed by atoms with E-state index in [1.807, 2.05) is 32.0 Å². The van der Waals surface area contributed by atoms with Gasteiger partial charge in [0.05, 0.1) is 17.9 Å². The zero-order valence-electron chi connectivity index (χ0n) is 14.2. The average Bonchev–Trinajstić information content (AvgIpc) is 2.69. The van der Waals surface area contributed by atoms with E-state index in [4.69, 9.17) is 0 Å². The zero-order valence-corrected chi connectivity index (χ0v) is 14.2. The molecular weight excluding hydrogens is 321 g/mol. The predicted octanol–water partition coefficient (Wildman–Crippen LogP) is 3.31. The van der Waals surface area contributed by atoms with Crippen molar-refractivity contribution in [2.45, 2.75) is 26.3 Å². The molecule has 6 heteroatoms. The van der Waals surface area contributed by atoms with Crippen LogP contribution in [0.15, 0.2) is 42.5 Å². The number of fused-ring (bicyclic) bond motifs is 1. The van der Waals surface area contributed by atoms with Gasteiger partial charge in [0, 0.05) is 18.2 Å². The molecule has 1 heterocycles. The Hall–Kier alpha value is -2.89. The van der Waals surface area contributed by atoms with Crippen LogP contribution in [0.25, 0.3) is 0 Å². The van der Waals surface area contributed by atoms with Crippen LogP contribution in [-0.4, -0.2) is 24.4 Å². The minimum absolute atomic E-state index is 0.0111. The molecule has 1 aliphatic rings. The molecule has 0 fully saturated rings. The van der Waals surface area contributed by atoms with Crippen molar-refractivity contribution >= 4 is 28.9 Å². The van der Waals surface area contributed by atoms with Gasteiger partial charge >= 0.3 is 0 Å². The molecule has 0 unspecified atom stereocenters.